The first-order valence-electron chi connectivity index (χ1n) is 10.3. The fourth-order valence-corrected chi connectivity index (χ4v) is 5.11. The van der Waals surface area contributed by atoms with Crippen molar-refractivity contribution in [3.05, 3.63) is 53.6 Å². The number of para-hydroxylation sites is 1. The van der Waals surface area contributed by atoms with Gasteiger partial charge in [-0.2, -0.15) is 0 Å². The average molecular weight is 445 g/mol. The Morgan fingerprint density at radius 3 is 2.65 bits per heavy atom. The third kappa shape index (κ3) is 5.07. The van der Waals surface area contributed by atoms with Gasteiger partial charge in [0.2, 0.25) is 11.8 Å². The minimum absolute atomic E-state index is 0.00107. The Labute approximate surface area is 183 Å². The summed E-state index contributed by atoms with van der Waals surface area (Å²) in [5.74, 6) is 0.0624. The van der Waals surface area contributed by atoms with Gasteiger partial charge in [-0.1, -0.05) is 25.1 Å². The summed E-state index contributed by atoms with van der Waals surface area (Å²) < 4.78 is 30.8. The summed E-state index contributed by atoms with van der Waals surface area (Å²) in [6.07, 6.45) is 0.878. The molecule has 0 bridgehead atoms. The number of carbonyl (C=O) groups is 2. The van der Waals surface area contributed by atoms with Gasteiger partial charge in [0, 0.05) is 36.7 Å². The third-order valence-electron chi connectivity index (χ3n) is 5.46. The Kier molecular flexibility index (Phi) is 7.00. The number of carbonyl (C=O) groups excluding carboxylic acids is 2. The molecule has 166 valence electrons. The van der Waals surface area contributed by atoms with Crippen molar-refractivity contribution in [3.63, 3.8) is 0 Å². The van der Waals surface area contributed by atoms with E-state index in [1.54, 1.807) is 30.2 Å². The van der Waals surface area contributed by atoms with E-state index in [0.29, 0.717) is 18.6 Å². The van der Waals surface area contributed by atoms with Crippen LogP contribution in [0.1, 0.15) is 37.8 Å². The van der Waals surface area contributed by atoms with Crippen LogP contribution in [0.4, 0.5) is 5.69 Å². The van der Waals surface area contributed by atoms with Crippen molar-refractivity contribution in [2.24, 2.45) is 0 Å². The number of fused-ring (bicyclic) bond motifs is 1. The number of rotatable bonds is 8. The van der Waals surface area contributed by atoms with E-state index in [-0.39, 0.29) is 41.5 Å². The van der Waals surface area contributed by atoms with Crippen LogP contribution in [-0.2, 0) is 32.4 Å². The van der Waals surface area contributed by atoms with Crippen LogP contribution in [0, 0.1) is 0 Å². The number of hydrogen-bond donors (Lipinski definition) is 1. The van der Waals surface area contributed by atoms with Gasteiger partial charge >= 0.3 is 0 Å². The Hall–Kier alpha value is -2.87. The Morgan fingerprint density at radius 1 is 1.19 bits per heavy atom. The van der Waals surface area contributed by atoms with Gasteiger partial charge in [0.05, 0.1) is 17.8 Å². The molecule has 0 unspecified atom stereocenters. The van der Waals surface area contributed by atoms with Crippen LogP contribution in [0.3, 0.4) is 0 Å². The lowest BCUT2D eigenvalue weighted by atomic mass is 10.1. The van der Waals surface area contributed by atoms with Gasteiger partial charge in [-0.05, 0) is 43.2 Å². The van der Waals surface area contributed by atoms with Crippen LogP contribution in [0.5, 0.6) is 5.75 Å². The molecule has 0 spiro atoms. The lowest BCUT2D eigenvalue weighted by Gasteiger charge is -2.22. The van der Waals surface area contributed by atoms with Crippen LogP contribution in [0.2, 0.25) is 0 Å². The Bertz CT molecular complexity index is 1080. The quantitative estimate of drug-likeness (QED) is 0.676. The number of anilines is 1. The van der Waals surface area contributed by atoms with E-state index in [2.05, 4.69) is 5.32 Å². The molecule has 3 rings (SSSR count). The maximum Gasteiger partial charge on any atom is 0.226 e. The van der Waals surface area contributed by atoms with Crippen molar-refractivity contribution in [1.82, 2.24) is 5.32 Å². The summed E-state index contributed by atoms with van der Waals surface area (Å²) in [6.45, 7) is 4.03. The zero-order valence-electron chi connectivity index (χ0n) is 18.1. The Balaban J connectivity index is 1.63. The van der Waals surface area contributed by atoms with E-state index in [1.165, 1.54) is 6.07 Å². The van der Waals surface area contributed by atoms with E-state index >= 15 is 0 Å². The molecule has 31 heavy (non-hydrogen) atoms. The zero-order valence-corrected chi connectivity index (χ0v) is 18.9. The summed E-state index contributed by atoms with van der Waals surface area (Å²) >= 11 is 0. The standard InChI is InChI=1S/C23H28N2O5S/c1-4-23(27)25-16(2)13-18-14-19(9-10-20(18)25)31(28,29)12-11-22(26)24-15-17-7-5-6-8-21(17)30-3/h5-10,14,16H,4,11-13,15H2,1-3H3,(H,24,26)/t16-/m0/s1. The van der Waals surface area contributed by atoms with E-state index in [0.717, 1.165) is 16.8 Å². The fourth-order valence-electron chi connectivity index (χ4n) is 3.83. The maximum absolute atomic E-state index is 12.8. The Morgan fingerprint density at radius 2 is 1.94 bits per heavy atom. The van der Waals surface area contributed by atoms with Gasteiger partial charge in [0.25, 0.3) is 0 Å². The lowest BCUT2D eigenvalue weighted by Crippen LogP contribution is -2.35. The summed E-state index contributed by atoms with van der Waals surface area (Å²) in [5, 5.41) is 2.74. The second kappa shape index (κ2) is 9.51. The first-order valence-corrected chi connectivity index (χ1v) is 12.0. The molecule has 0 saturated heterocycles. The molecule has 1 aliphatic heterocycles. The van der Waals surface area contributed by atoms with Gasteiger partial charge in [-0.15, -0.1) is 0 Å². The normalized spacial score (nSPS) is 15.5. The van der Waals surface area contributed by atoms with Crippen LogP contribution in [0.15, 0.2) is 47.4 Å². The van der Waals surface area contributed by atoms with Gasteiger partial charge < -0.3 is 15.0 Å². The maximum atomic E-state index is 12.8. The molecule has 2 amide bonds. The van der Waals surface area contributed by atoms with Crippen LogP contribution in [0.25, 0.3) is 0 Å². The van der Waals surface area contributed by atoms with Gasteiger partial charge in [0.15, 0.2) is 9.84 Å². The first-order chi connectivity index (χ1) is 14.8. The van der Waals surface area contributed by atoms with E-state index in [1.807, 2.05) is 32.0 Å². The number of nitrogens with zero attached hydrogens (tertiary/aromatic N) is 1. The SMILES string of the molecule is CCC(=O)N1c2ccc(S(=O)(=O)CCC(=O)NCc3ccccc3OC)cc2C[C@@H]1C. The fraction of sp³-hybridized carbons (Fsp3) is 0.391. The van der Waals surface area contributed by atoms with Crippen molar-refractivity contribution in [1.29, 1.82) is 0 Å². The molecule has 0 aliphatic carbocycles. The topological polar surface area (TPSA) is 92.8 Å². The smallest absolute Gasteiger partial charge is 0.226 e. The number of ether oxygens (including phenoxy) is 1. The highest BCUT2D eigenvalue weighted by Gasteiger charge is 2.31. The molecule has 2 aromatic carbocycles. The van der Waals surface area contributed by atoms with Gasteiger partial charge in [-0.25, -0.2) is 8.42 Å². The number of hydrogen-bond acceptors (Lipinski definition) is 5. The lowest BCUT2D eigenvalue weighted by molar-refractivity contribution is -0.121. The summed E-state index contributed by atoms with van der Waals surface area (Å²) in [6, 6.07) is 12.2. The van der Waals surface area contributed by atoms with Crippen molar-refractivity contribution < 1.29 is 22.7 Å². The molecule has 2 aromatic rings. The molecular weight excluding hydrogens is 416 g/mol. The van der Waals surface area contributed by atoms with E-state index in [9.17, 15) is 18.0 Å². The predicted octanol–water partition coefficient (Wildman–Crippen LogP) is 2.86. The zero-order chi connectivity index (χ0) is 22.6. The van der Waals surface area contributed by atoms with Crippen molar-refractivity contribution in [2.45, 2.75) is 50.6 Å². The second-order valence-electron chi connectivity index (χ2n) is 7.62. The molecule has 0 radical (unpaired) electrons. The largest absolute Gasteiger partial charge is 0.496 e. The number of nitrogens with one attached hydrogen (secondary N) is 1. The van der Waals surface area contributed by atoms with Gasteiger partial charge in [-0.3, -0.25) is 9.59 Å². The van der Waals surface area contributed by atoms with Gasteiger partial charge in [0.1, 0.15) is 5.75 Å². The molecule has 8 heteroatoms. The highest BCUT2D eigenvalue weighted by molar-refractivity contribution is 7.91. The molecule has 1 aliphatic rings. The van der Waals surface area contributed by atoms with Crippen molar-refractivity contribution in [2.75, 3.05) is 17.8 Å². The average Bonchev–Trinajstić information content (AvgIpc) is 3.10. The number of benzene rings is 2. The number of amides is 2. The molecule has 0 saturated carbocycles. The first kappa shape index (κ1) is 22.8. The summed E-state index contributed by atoms with van der Waals surface area (Å²) in [5.41, 5.74) is 2.43. The monoisotopic (exact) mass is 444 g/mol. The third-order valence-corrected chi connectivity index (χ3v) is 7.18. The van der Waals surface area contributed by atoms with E-state index < -0.39 is 9.84 Å². The van der Waals surface area contributed by atoms with Crippen molar-refractivity contribution in [3.8, 4) is 5.75 Å². The molecule has 7 nitrogen and oxygen atoms in total. The molecule has 0 aromatic heterocycles. The molecule has 0 fully saturated rings. The van der Waals surface area contributed by atoms with Crippen LogP contribution >= 0.6 is 0 Å². The predicted molar refractivity (Wildman–Crippen MR) is 119 cm³/mol. The minimum Gasteiger partial charge on any atom is -0.496 e. The van der Waals surface area contributed by atoms with E-state index in [4.69, 9.17) is 4.74 Å². The molecule has 1 N–H and O–H groups in total. The molecular formula is C23H28N2O5S. The molecule has 1 atom stereocenters. The number of sulfone groups is 1. The second-order valence-corrected chi connectivity index (χ2v) is 9.73. The van der Waals surface area contributed by atoms with Crippen molar-refractivity contribution >= 4 is 27.3 Å². The summed E-state index contributed by atoms with van der Waals surface area (Å²) in [7, 11) is -2.06. The van der Waals surface area contributed by atoms with Crippen LogP contribution < -0.4 is 15.0 Å². The van der Waals surface area contributed by atoms with Crippen LogP contribution in [-0.4, -0.2) is 39.1 Å². The summed E-state index contributed by atoms with van der Waals surface area (Å²) in [4.78, 5) is 26.3. The highest BCUT2D eigenvalue weighted by atomic mass is 32.2. The number of methoxy groups -OCH3 is 1. The highest BCUT2D eigenvalue weighted by Crippen LogP contribution is 2.34. The minimum atomic E-state index is -3.62. The molecule has 1 heterocycles.